The molecule has 0 fully saturated rings. The van der Waals surface area contributed by atoms with Crippen molar-refractivity contribution in [3.63, 3.8) is 0 Å². The van der Waals surface area contributed by atoms with Gasteiger partial charge in [0, 0.05) is 23.6 Å². The van der Waals surface area contributed by atoms with Crippen molar-refractivity contribution in [2.24, 2.45) is 0 Å². The highest BCUT2D eigenvalue weighted by Crippen LogP contribution is 2.23. The minimum absolute atomic E-state index is 0.209. The largest absolute Gasteiger partial charge is 0.343 e. The van der Waals surface area contributed by atoms with Crippen LogP contribution in [0.1, 0.15) is 11.1 Å². The molecule has 0 spiro atoms. The normalized spacial score (nSPS) is 11.2. The molecule has 0 aliphatic rings. The van der Waals surface area contributed by atoms with Gasteiger partial charge < -0.3 is 9.13 Å². The Morgan fingerprint density at radius 2 is 1.61 bits per heavy atom. The highest BCUT2D eigenvalue weighted by molar-refractivity contribution is 5.84. The summed E-state index contributed by atoms with van der Waals surface area (Å²) in [7, 11) is 0. The molecule has 0 bridgehead atoms. The Kier molecular flexibility index (Phi) is 3.38. The van der Waals surface area contributed by atoms with Gasteiger partial charge in [-0.15, -0.1) is 10.2 Å². The first-order valence-electron chi connectivity index (χ1n) is 7.43. The molecule has 0 amide bonds. The SMILES string of the molecule is Fc1ccc(Cn2cc(Cn3cnnc3)c3ccccc32)cc1. The number of halogens is 1. The van der Waals surface area contributed by atoms with Crippen molar-refractivity contribution < 1.29 is 4.39 Å². The summed E-state index contributed by atoms with van der Waals surface area (Å²) in [6.07, 6.45) is 5.58. The monoisotopic (exact) mass is 306 g/mol. The lowest BCUT2D eigenvalue weighted by atomic mass is 10.2. The summed E-state index contributed by atoms with van der Waals surface area (Å²) in [5.41, 5.74) is 3.45. The number of hydrogen-bond acceptors (Lipinski definition) is 2. The Morgan fingerprint density at radius 3 is 2.39 bits per heavy atom. The van der Waals surface area contributed by atoms with Crippen molar-refractivity contribution in [2.45, 2.75) is 13.1 Å². The Balaban J connectivity index is 1.73. The van der Waals surface area contributed by atoms with Gasteiger partial charge in [0.1, 0.15) is 18.5 Å². The van der Waals surface area contributed by atoms with E-state index < -0.39 is 0 Å². The lowest BCUT2D eigenvalue weighted by Gasteiger charge is -2.05. The molecule has 0 saturated carbocycles. The predicted molar refractivity (Wildman–Crippen MR) is 86.6 cm³/mol. The van der Waals surface area contributed by atoms with Crippen LogP contribution in [0.15, 0.2) is 67.4 Å². The molecule has 0 saturated heterocycles. The molecule has 4 aromatic rings. The van der Waals surface area contributed by atoms with Crippen LogP contribution in [0.4, 0.5) is 4.39 Å². The highest BCUT2D eigenvalue weighted by atomic mass is 19.1. The van der Waals surface area contributed by atoms with E-state index in [1.807, 2.05) is 28.8 Å². The van der Waals surface area contributed by atoms with Crippen LogP contribution in [0.2, 0.25) is 0 Å². The molecule has 4 rings (SSSR count). The maximum atomic E-state index is 13.1. The van der Waals surface area contributed by atoms with E-state index in [0.29, 0.717) is 6.54 Å². The summed E-state index contributed by atoms with van der Waals surface area (Å²) < 4.78 is 17.2. The van der Waals surface area contributed by atoms with E-state index in [-0.39, 0.29) is 5.82 Å². The molecule has 2 aromatic carbocycles. The Bertz CT molecular complexity index is 923. The Morgan fingerprint density at radius 1 is 0.870 bits per heavy atom. The van der Waals surface area contributed by atoms with Crippen LogP contribution in [0.3, 0.4) is 0 Å². The standard InChI is InChI=1S/C18H15FN4/c19-16-7-5-14(6-8-16)9-23-11-15(10-22-12-20-21-13-22)17-3-1-2-4-18(17)23/h1-8,11-13H,9-10H2. The quantitative estimate of drug-likeness (QED) is 0.579. The van der Waals surface area contributed by atoms with Crippen LogP contribution in [-0.4, -0.2) is 19.3 Å². The molecule has 23 heavy (non-hydrogen) atoms. The number of para-hydroxylation sites is 1. The molecule has 2 heterocycles. The summed E-state index contributed by atoms with van der Waals surface area (Å²) >= 11 is 0. The minimum Gasteiger partial charge on any atom is -0.343 e. The third kappa shape index (κ3) is 2.73. The average Bonchev–Trinajstić information content (AvgIpc) is 3.19. The van der Waals surface area contributed by atoms with Crippen LogP contribution in [0, 0.1) is 5.82 Å². The van der Waals surface area contributed by atoms with E-state index in [4.69, 9.17) is 0 Å². The van der Waals surface area contributed by atoms with E-state index in [9.17, 15) is 4.39 Å². The van der Waals surface area contributed by atoms with Gasteiger partial charge in [-0.25, -0.2) is 4.39 Å². The van der Waals surface area contributed by atoms with Crippen molar-refractivity contribution in [1.29, 1.82) is 0 Å². The number of nitrogens with zero attached hydrogens (tertiary/aromatic N) is 4. The van der Waals surface area contributed by atoms with Gasteiger partial charge >= 0.3 is 0 Å². The van der Waals surface area contributed by atoms with Gasteiger partial charge in [-0.2, -0.15) is 0 Å². The van der Waals surface area contributed by atoms with Gasteiger partial charge in [-0.3, -0.25) is 0 Å². The van der Waals surface area contributed by atoms with Crippen molar-refractivity contribution in [3.05, 3.63) is 84.3 Å². The third-order valence-corrected chi connectivity index (χ3v) is 3.96. The van der Waals surface area contributed by atoms with Crippen LogP contribution >= 0.6 is 0 Å². The van der Waals surface area contributed by atoms with Gasteiger partial charge in [0.05, 0.1) is 6.54 Å². The van der Waals surface area contributed by atoms with E-state index in [1.54, 1.807) is 12.7 Å². The topological polar surface area (TPSA) is 35.6 Å². The molecule has 0 aliphatic heterocycles. The first-order chi connectivity index (χ1) is 11.3. The zero-order chi connectivity index (χ0) is 15.6. The van der Waals surface area contributed by atoms with Crippen molar-refractivity contribution in [1.82, 2.24) is 19.3 Å². The van der Waals surface area contributed by atoms with Crippen LogP contribution in [0.5, 0.6) is 0 Å². The average molecular weight is 306 g/mol. The maximum absolute atomic E-state index is 13.1. The molecule has 2 aromatic heterocycles. The molecule has 0 N–H and O–H groups in total. The number of hydrogen-bond donors (Lipinski definition) is 0. The molecular weight excluding hydrogens is 291 g/mol. The molecule has 5 heteroatoms. The summed E-state index contributed by atoms with van der Waals surface area (Å²) in [5, 5.41) is 8.92. The molecule has 0 aliphatic carbocycles. The number of benzene rings is 2. The van der Waals surface area contributed by atoms with Gasteiger partial charge in [-0.1, -0.05) is 30.3 Å². The van der Waals surface area contributed by atoms with Gasteiger partial charge in [-0.05, 0) is 29.3 Å². The Labute approximate surface area is 132 Å². The van der Waals surface area contributed by atoms with Crippen molar-refractivity contribution >= 4 is 10.9 Å². The second-order valence-corrected chi connectivity index (χ2v) is 5.56. The van der Waals surface area contributed by atoms with Crippen LogP contribution in [0.25, 0.3) is 10.9 Å². The lowest BCUT2D eigenvalue weighted by Crippen LogP contribution is -1.98. The van der Waals surface area contributed by atoms with E-state index in [1.165, 1.54) is 28.6 Å². The summed E-state index contributed by atoms with van der Waals surface area (Å²) in [6.45, 7) is 1.44. The minimum atomic E-state index is -0.209. The van der Waals surface area contributed by atoms with Gasteiger partial charge in [0.15, 0.2) is 0 Å². The zero-order valence-corrected chi connectivity index (χ0v) is 12.4. The van der Waals surface area contributed by atoms with Gasteiger partial charge in [0.25, 0.3) is 0 Å². The number of fused-ring (bicyclic) bond motifs is 1. The summed E-state index contributed by atoms with van der Waals surface area (Å²) in [5.74, 6) is -0.209. The molecule has 0 unspecified atom stereocenters. The maximum Gasteiger partial charge on any atom is 0.123 e. The second kappa shape index (κ2) is 5.68. The van der Waals surface area contributed by atoms with E-state index in [2.05, 4.69) is 33.1 Å². The highest BCUT2D eigenvalue weighted by Gasteiger charge is 2.09. The van der Waals surface area contributed by atoms with Crippen molar-refractivity contribution in [3.8, 4) is 0 Å². The second-order valence-electron chi connectivity index (χ2n) is 5.56. The summed E-state index contributed by atoms with van der Waals surface area (Å²) in [6, 6.07) is 14.9. The molecule has 0 radical (unpaired) electrons. The molecule has 0 atom stereocenters. The zero-order valence-electron chi connectivity index (χ0n) is 12.4. The smallest absolute Gasteiger partial charge is 0.123 e. The van der Waals surface area contributed by atoms with Crippen LogP contribution in [-0.2, 0) is 13.1 Å². The fraction of sp³-hybridized carbons (Fsp3) is 0.111. The van der Waals surface area contributed by atoms with E-state index in [0.717, 1.165) is 12.1 Å². The van der Waals surface area contributed by atoms with Crippen LogP contribution < -0.4 is 0 Å². The van der Waals surface area contributed by atoms with Gasteiger partial charge in [0.2, 0.25) is 0 Å². The predicted octanol–water partition coefficient (Wildman–Crippen LogP) is 3.47. The molecule has 114 valence electrons. The first-order valence-corrected chi connectivity index (χ1v) is 7.43. The fourth-order valence-corrected chi connectivity index (χ4v) is 2.87. The summed E-state index contributed by atoms with van der Waals surface area (Å²) in [4.78, 5) is 0. The number of rotatable bonds is 4. The van der Waals surface area contributed by atoms with Crippen molar-refractivity contribution in [2.75, 3.05) is 0 Å². The lowest BCUT2D eigenvalue weighted by molar-refractivity contribution is 0.626. The Hall–Kier alpha value is -2.95. The molecular formula is C18H15FN4. The number of aromatic nitrogens is 4. The third-order valence-electron chi connectivity index (χ3n) is 3.96. The first kappa shape index (κ1) is 13.7. The van der Waals surface area contributed by atoms with E-state index >= 15 is 0 Å². The fourth-order valence-electron chi connectivity index (χ4n) is 2.87. The molecule has 4 nitrogen and oxygen atoms in total.